The molecule has 0 unspecified atom stereocenters. The molecule has 0 heterocycles. The van der Waals surface area contributed by atoms with E-state index in [2.05, 4.69) is 4.99 Å². The predicted molar refractivity (Wildman–Crippen MR) is 59.6 cm³/mol. The summed E-state index contributed by atoms with van der Waals surface area (Å²) < 4.78 is 0. The molecular formula is C9H10Cl2N2O. The molecule has 0 saturated carbocycles. The molecule has 3 N–H and O–H groups in total. The monoisotopic (exact) mass is 232 g/mol. The highest BCUT2D eigenvalue weighted by molar-refractivity contribution is 6.36. The maximum Gasteiger partial charge on any atom is 0.143 e. The Labute approximate surface area is 92.2 Å². The molecule has 76 valence electrons. The summed E-state index contributed by atoms with van der Waals surface area (Å²) in [6.07, 6.45) is 1.50. The third kappa shape index (κ3) is 2.87. The molecule has 0 fully saturated rings. The van der Waals surface area contributed by atoms with E-state index in [1.165, 1.54) is 12.3 Å². The lowest BCUT2D eigenvalue weighted by atomic mass is 10.2. The molecule has 0 radical (unpaired) electrons. The third-order valence-corrected chi connectivity index (χ3v) is 2.05. The van der Waals surface area contributed by atoms with Crippen molar-refractivity contribution in [1.82, 2.24) is 0 Å². The second-order valence-electron chi connectivity index (χ2n) is 2.65. The van der Waals surface area contributed by atoms with E-state index in [9.17, 15) is 5.11 Å². The number of hydrogen-bond acceptors (Lipinski definition) is 3. The van der Waals surface area contributed by atoms with E-state index < -0.39 is 0 Å². The van der Waals surface area contributed by atoms with Crippen LogP contribution in [0.25, 0.3) is 0 Å². The number of nitrogens with two attached hydrogens (primary N) is 1. The summed E-state index contributed by atoms with van der Waals surface area (Å²) in [6.45, 7) is 0.967. The van der Waals surface area contributed by atoms with Crippen molar-refractivity contribution in [2.45, 2.75) is 0 Å². The fourth-order valence-corrected chi connectivity index (χ4v) is 1.43. The van der Waals surface area contributed by atoms with Gasteiger partial charge in [0.05, 0.1) is 11.6 Å². The fourth-order valence-electron chi connectivity index (χ4n) is 0.922. The number of phenolic OH excluding ortho intramolecular Hbond substituents is 1. The molecule has 0 atom stereocenters. The maximum absolute atomic E-state index is 9.51. The van der Waals surface area contributed by atoms with Crippen molar-refractivity contribution in [2.24, 2.45) is 10.7 Å². The molecule has 1 aromatic carbocycles. The van der Waals surface area contributed by atoms with E-state index in [-0.39, 0.29) is 10.8 Å². The van der Waals surface area contributed by atoms with Gasteiger partial charge < -0.3 is 10.8 Å². The third-order valence-electron chi connectivity index (χ3n) is 1.55. The molecule has 1 aromatic rings. The fraction of sp³-hybridized carbons (Fsp3) is 0.222. The van der Waals surface area contributed by atoms with Gasteiger partial charge in [0, 0.05) is 23.3 Å². The first-order chi connectivity index (χ1) is 6.65. The molecular weight excluding hydrogens is 223 g/mol. The smallest absolute Gasteiger partial charge is 0.143 e. The largest absolute Gasteiger partial charge is 0.506 e. The SMILES string of the molecule is NCCN=Cc1cc(Cl)cc(Cl)c1O. The molecule has 14 heavy (non-hydrogen) atoms. The number of halogens is 2. The number of phenols is 1. The number of aliphatic imine (C=N–C) groups is 1. The van der Waals surface area contributed by atoms with Crippen molar-refractivity contribution in [1.29, 1.82) is 0 Å². The zero-order chi connectivity index (χ0) is 10.6. The van der Waals surface area contributed by atoms with Crippen LogP contribution in [0.1, 0.15) is 5.56 Å². The van der Waals surface area contributed by atoms with Crippen LogP contribution in [0.15, 0.2) is 17.1 Å². The quantitative estimate of drug-likeness (QED) is 0.785. The molecule has 5 heteroatoms. The van der Waals surface area contributed by atoms with Gasteiger partial charge in [0.25, 0.3) is 0 Å². The number of rotatable bonds is 3. The maximum atomic E-state index is 9.51. The summed E-state index contributed by atoms with van der Waals surface area (Å²) in [4.78, 5) is 3.98. The Kier molecular flexibility index (Phi) is 4.20. The summed E-state index contributed by atoms with van der Waals surface area (Å²) in [7, 11) is 0. The van der Waals surface area contributed by atoms with E-state index in [0.717, 1.165) is 0 Å². The Bertz CT molecular complexity index is 353. The van der Waals surface area contributed by atoms with Crippen molar-refractivity contribution >= 4 is 29.4 Å². The summed E-state index contributed by atoms with van der Waals surface area (Å²) in [6, 6.07) is 3.06. The normalized spacial score (nSPS) is 11.1. The van der Waals surface area contributed by atoms with Gasteiger partial charge in [-0.1, -0.05) is 23.2 Å². The zero-order valence-electron chi connectivity index (χ0n) is 7.37. The van der Waals surface area contributed by atoms with E-state index >= 15 is 0 Å². The average Bonchev–Trinajstić information content (AvgIpc) is 2.13. The van der Waals surface area contributed by atoms with Gasteiger partial charge in [0.1, 0.15) is 5.75 Å². The van der Waals surface area contributed by atoms with Crippen molar-refractivity contribution in [3.63, 3.8) is 0 Å². The van der Waals surface area contributed by atoms with Crippen molar-refractivity contribution in [3.05, 3.63) is 27.7 Å². The van der Waals surface area contributed by atoms with Crippen LogP contribution in [0.2, 0.25) is 10.0 Å². The lowest BCUT2D eigenvalue weighted by Crippen LogP contribution is -2.02. The average molecular weight is 233 g/mol. The minimum atomic E-state index is -0.0168. The van der Waals surface area contributed by atoms with Crippen LogP contribution >= 0.6 is 23.2 Å². The highest BCUT2D eigenvalue weighted by atomic mass is 35.5. The molecule has 3 nitrogen and oxygen atoms in total. The van der Waals surface area contributed by atoms with Crippen LogP contribution in [0.5, 0.6) is 5.75 Å². The number of aromatic hydroxyl groups is 1. The Morgan fingerprint density at radius 2 is 2.14 bits per heavy atom. The van der Waals surface area contributed by atoms with Gasteiger partial charge in [-0.2, -0.15) is 0 Å². The van der Waals surface area contributed by atoms with Crippen LogP contribution in [0.4, 0.5) is 0 Å². The van der Waals surface area contributed by atoms with E-state index in [0.29, 0.717) is 23.7 Å². The Morgan fingerprint density at radius 3 is 2.79 bits per heavy atom. The van der Waals surface area contributed by atoms with E-state index in [4.69, 9.17) is 28.9 Å². The van der Waals surface area contributed by atoms with Gasteiger partial charge in [0.2, 0.25) is 0 Å². The molecule has 0 aliphatic heterocycles. The topological polar surface area (TPSA) is 58.6 Å². The van der Waals surface area contributed by atoms with E-state index in [1.54, 1.807) is 6.07 Å². The first-order valence-corrected chi connectivity index (χ1v) is 4.78. The van der Waals surface area contributed by atoms with E-state index in [1.807, 2.05) is 0 Å². The molecule has 0 bridgehead atoms. The number of nitrogens with zero attached hydrogens (tertiary/aromatic N) is 1. The highest BCUT2D eigenvalue weighted by Crippen LogP contribution is 2.29. The van der Waals surface area contributed by atoms with Crippen LogP contribution in [0.3, 0.4) is 0 Å². The molecule has 0 amide bonds. The minimum absolute atomic E-state index is 0.0168. The second kappa shape index (κ2) is 5.20. The summed E-state index contributed by atoms with van der Waals surface area (Å²) in [5.41, 5.74) is 5.76. The molecule has 0 spiro atoms. The van der Waals surface area contributed by atoms with Gasteiger partial charge >= 0.3 is 0 Å². The van der Waals surface area contributed by atoms with Gasteiger partial charge in [-0.05, 0) is 12.1 Å². The minimum Gasteiger partial charge on any atom is -0.506 e. The van der Waals surface area contributed by atoms with Crippen LogP contribution < -0.4 is 5.73 Å². The summed E-state index contributed by atoms with van der Waals surface area (Å²) >= 11 is 11.5. The van der Waals surface area contributed by atoms with Crippen LogP contribution in [0, 0.1) is 0 Å². The lowest BCUT2D eigenvalue weighted by Gasteiger charge is -2.01. The van der Waals surface area contributed by atoms with Crippen molar-refractivity contribution < 1.29 is 5.11 Å². The summed E-state index contributed by atoms with van der Waals surface area (Å²) in [5, 5.41) is 10.2. The highest BCUT2D eigenvalue weighted by Gasteiger charge is 2.05. The second-order valence-corrected chi connectivity index (χ2v) is 3.49. The Hall–Kier alpha value is -0.770. The molecule has 1 rings (SSSR count). The first kappa shape index (κ1) is 11.3. The summed E-state index contributed by atoms with van der Waals surface area (Å²) in [5.74, 6) is -0.0168. The molecule has 0 aliphatic carbocycles. The molecule has 0 aliphatic rings. The number of benzene rings is 1. The first-order valence-electron chi connectivity index (χ1n) is 4.03. The zero-order valence-corrected chi connectivity index (χ0v) is 8.89. The predicted octanol–water partition coefficient (Wildman–Crippen LogP) is 2.08. The standard InChI is InChI=1S/C9H10Cl2N2O/c10-7-3-6(5-13-2-1-12)9(14)8(11)4-7/h3-5,14H,1-2,12H2. The lowest BCUT2D eigenvalue weighted by molar-refractivity contribution is 0.474. The molecule has 0 saturated heterocycles. The Morgan fingerprint density at radius 1 is 1.43 bits per heavy atom. The van der Waals surface area contributed by atoms with Gasteiger partial charge in [0.15, 0.2) is 0 Å². The van der Waals surface area contributed by atoms with Crippen LogP contribution in [-0.4, -0.2) is 24.4 Å². The van der Waals surface area contributed by atoms with Crippen molar-refractivity contribution in [2.75, 3.05) is 13.1 Å². The van der Waals surface area contributed by atoms with Gasteiger partial charge in [-0.3, -0.25) is 4.99 Å². The van der Waals surface area contributed by atoms with Gasteiger partial charge in [-0.25, -0.2) is 0 Å². The number of hydrogen-bond donors (Lipinski definition) is 2. The van der Waals surface area contributed by atoms with Crippen LogP contribution in [-0.2, 0) is 0 Å². The van der Waals surface area contributed by atoms with Gasteiger partial charge in [-0.15, -0.1) is 0 Å². The van der Waals surface area contributed by atoms with Crippen molar-refractivity contribution in [3.8, 4) is 5.75 Å². The molecule has 0 aromatic heterocycles. The Balaban J connectivity index is 2.96.